The maximum absolute atomic E-state index is 5.36. The fourth-order valence-corrected chi connectivity index (χ4v) is 1.94. The molecule has 0 aromatic heterocycles. The molecule has 3 nitrogen and oxygen atoms in total. The maximum Gasteiger partial charge on any atom is 0.167 e. The number of thiocarbonyl (C=S) groups is 1. The van der Waals surface area contributed by atoms with Gasteiger partial charge >= 0.3 is 0 Å². The molecule has 0 aliphatic rings. The van der Waals surface area contributed by atoms with Gasteiger partial charge in [-0.3, -0.25) is 0 Å². The van der Waals surface area contributed by atoms with Crippen molar-refractivity contribution in [3.63, 3.8) is 0 Å². The second-order valence-electron chi connectivity index (χ2n) is 4.11. The Morgan fingerprint density at radius 3 is 2.89 bits per heavy atom. The van der Waals surface area contributed by atoms with Gasteiger partial charge in [-0.05, 0) is 32.1 Å². The Kier molecular flexibility index (Phi) is 5.65. The molecule has 0 aliphatic carbocycles. The summed E-state index contributed by atoms with van der Waals surface area (Å²) >= 11 is 5.20. The molecule has 1 atom stereocenters. The molecule has 0 fully saturated rings. The van der Waals surface area contributed by atoms with E-state index in [4.69, 9.17) is 17.0 Å². The van der Waals surface area contributed by atoms with E-state index < -0.39 is 0 Å². The van der Waals surface area contributed by atoms with Crippen LogP contribution >= 0.6 is 12.2 Å². The van der Waals surface area contributed by atoms with E-state index in [0.29, 0.717) is 11.7 Å². The molecule has 0 heterocycles. The second kappa shape index (κ2) is 7.01. The monoisotopic (exact) mass is 264 g/mol. The summed E-state index contributed by atoms with van der Waals surface area (Å²) in [6, 6.07) is 6.20. The number of nitrogens with one attached hydrogen (secondary N) is 2. The largest absolute Gasteiger partial charge is 0.496 e. The van der Waals surface area contributed by atoms with Crippen molar-refractivity contribution < 1.29 is 4.74 Å². The normalized spacial score (nSPS) is 11.5. The van der Waals surface area contributed by atoms with Gasteiger partial charge in [-0.25, -0.2) is 0 Å². The first-order chi connectivity index (χ1) is 8.58. The lowest BCUT2D eigenvalue weighted by atomic mass is 10.0. The first-order valence-corrected chi connectivity index (χ1v) is 6.29. The van der Waals surface area contributed by atoms with Crippen LogP contribution in [0.2, 0.25) is 0 Å². The van der Waals surface area contributed by atoms with Crippen molar-refractivity contribution in [3.05, 3.63) is 42.0 Å². The number of methoxy groups -OCH3 is 1. The van der Waals surface area contributed by atoms with Crippen molar-refractivity contribution in [1.29, 1.82) is 0 Å². The topological polar surface area (TPSA) is 33.3 Å². The lowest BCUT2D eigenvalue weighted by Crippen LogP contribution is -2.36. The molecule has 0 unspecified atom stereocenters. The maximum atomic E-state index is 5.36. The van der Waals surface area contributed by atoms with Crippen LogP contribution in [0.25, 0.3) is 0 Å². The highest BCUT2D eigenvalue weighted by Gasteiger charge is 2.12. The summed E-state index contributed by atoms with van der Waals surface area (Å²) in [5.74, 6) is 0.868. The summed E-state index contributed by atoms with van der Waals surface area (Å²) < 4.78 is 5.36. The third-order valence-electron chi connectivity index (χ3n) is 2.61. The average Bonchev–Trinajstić information content (AvgIpc) is 2.36. The predicted octanol–water partition coefficient (Wildman–Crippen LogP) is 2.71. The van der Waals surface area contributed by atoms with Gasteiger partial charge in [-0.2, -0.15) is 0 Å². The number of ether oxygens (including phenoxy) is 1. The van der Waals surface area contributed by atoms with Crippen molar-refractivity contribution >= 4 is 17.3 Å². The molecule has 2 N–H and O–H groups in total. The number of benzene rings is 1. The molecule has 98 valence electrons. The molecule has 0 saturated heterocycles. The standard InChI is InChI=1S/C14H20N2OS/c1-5-8-15-14(18)16-11(3)12-9-10(2)6-7-13(12)17-4/h5-7,9,11H,1,8H2,2-4H3,(H2,15,16,18)/t11-/m0/s1. The quantitative estimate of drug-likeness (QED) is 0.633. The smallest absolute Gasteiger partial charge is 0.167 e. The Morgan fingerprint density at radius 2 is 2.28 bits per heavy atom. The summed E-state index contributed by atoms with van der Waals surface area (Å²) in [6.07, 6.45) is 1.77. The first kappa shape index (κ1) is 14.5. The first-order valence-electron chi connectivity index (χ1n) is 5.88. The minimum absolute atomic E-state index is 0.0877. The summed E-state index contributed by atoms with van der Waals surface area (Å²) in [7, 11) is 1.68. The highest BCUT2D eigenvalue weighted by molar-refractivity contribution is 7.80. The summed E-state index contributed by atoms with van der Waals surface area (Å²) in [5, 5.41) is 6.89. The van der Waals surface area contributed by atoms with Crippen LogP contribution in [0.15, 0.2) is 30.9 Å². The summed E-state index contributed by atoms with van der Waals surface area (Å²) in [4.78, 5) is 0. The van der Waals surface area contributed by atoms with Gasteiger partial charge in [0.1, 0.15) is 5.75 Å². The molecular weight excluding hydrogens is 244 g/mol. The number of aryl methyl sites for hydroxylation is 1. The molecule has 0 aliphatic heterocycles. The molecule has 1 aromatic rings. The molecule has 0 saturated carbocycles. The SMILES string of the molecule is C=CCNC(=S)N[C@@H](C)c1cc(C)ccc1OC. The van der Waals surface area contributed by atoms with Gasteiger partial charge in [0.25, 0.3) is 0 Å². The Bertz CT molecular complexity index is 432. The minimum Gasteiger partial charge on any atom is -0.496 e. The van der Waals surface area contributed by atoms with E-state index in [-0.39, 0.29) is 6.04 Å². The van der Waals surface area contributed by atoms with Crippen molar-refractivity contribution in [2.24, 2.45) is 0 Å². The lowest BCUT2D eigenvalue weighted by Gasteiger charge is -2.19. The minimum atomic E-state index is 0.0877. The Hall–Kier alpha value is -1.55. The number of hydrogen-bond donors (Lipinski definition) is 2. The van der Waals surface area contributed by atoms with Crippen LogP contribution in [0.5, 0.6) is 5.75 Å². The molecule has 4 heteroatoms. The zero-order valence-corrected chi connectivity index (χ0v) is 11.9. The summed E-state index contributed by atoms with van der Waals surface area (Å²) in [5.41, 5.74) is 2.30. The fraction of sp³-hybridized carbons (Fsp3) is 0.357. The van der Waals surface area contributed by atoms with Gasteiger partial charge in [0.2, 0.25) is 0 Å². The Morgan fingerprint density at radius 1 is 1.56 bits per heavy atom. The van der Waals surface area contributed by atoms with Crippen LogP contribution in [-0.4, -0.2) is 18.8 Å². The van der Waals surface area contributed by atoms with Crippen LogP contribution in [-0.2, 0) is 0 Å². The van der Waals surface area contributed by atoms with Crippen LogP contribution in [0, 0.1) is 6.92 Å². The molecule has 18 heavy (non-hydrogen) atoms. The third kappa shape index (κ3) is 4.04. The summed E-state index contributed by atoms with van der Waals surface area (Å²) in [6.45, 7) is 8.41. The zero-order chi connectivity index (χ0) is 13.5. The van der Waals surface area contributed by atoms with Crippen molar-refractivity contribution in [2.75, 3.05) is 13.7 Å². The molecule has 0 radical (unpaired) electrons. The van der Waals surface area contributed by atoms with Gasteiger partial charge in [0, 0.05) is 12.1 Å². The Balaban J connectivity index is 2.76. The molecule has 1 aromatic carbocycles. The van der Waals surface area contributed by atoms with E-state index in [1.54, 1.807) is 13.2 Å². The van der Waals surface area contributed by atoms with Gasteiger partial charge in [-0.1, -0.05) is 23.8 Å². The van der Waals surface area contributed by atoms with E-state index in [0.717, 1.165) is 11.3 Å². The molecular formula is C14H20N2OS. The third-order valence-corrected chi connectivity index (χ3v) is 2.87. The van der Waals surface area contributed by atoms with Crippen molar-refractivity contribution in [3.8, 4) is 5.75 Å². The van der Waals surface area contributed by atoms with E-state index in [9.17, 15) is 0 Å². The average molecular weight is 264 g/mol. The highest BCUT2D eigenvalue weighted by atomic mass is 32.1. The van der Waals surface area contributed by atoms with E-state index in [2.05, 4.69) is 37.1 Å². The zero-order valence-electron chi connectivity index (χ0n) is 11.1. The Labute approximate surface area is 114 Å². The van der Waals surface area contributed by atoms with Gasteiger partial charge in [0.05, 0.1) is 13.2 Å². The van der Waals surface area contributed by atoms with Crippen molar-refractivity contribution in [1.82, 2.24) is 10.6 Å². The molecule has 0 amide bonds. The van der Waals surface area contributed by atoms with Crippen LogP contribution in [0.1, 0.15) is 24.1 Å². The van der Waals surface area contributed by atoms with Gasteiger partial charge < -0.3 is 15.4 Å². The molecule has 0 spiro atoms. The number of hydrogen-bond acceptors (Lipinski definition) is 2. The van der Waals surface area contributed by atoms with E-state index >= 15 is 0 Å². The fourth-order valence-electron chi connectivity index (χ4n) is 1.68. The number of rotatable bonds is 5. The highest BCUT2D eigenvalue weighted by Crippen LogP contribution is 2.25. The van der Waals surface area contributed by atoms with Crippen LogP contribution < -0.4 is 15.4 Å². The predicted molar refractivity (Wildman–Crippen MR) is 80.1 cm³/mol. The van der Waals surface area contributed by atoms with E-state index in [1.807, 2.05) is 12.1 Å². The van der Waals surface area contributed by atoms with Crippen LogP contribution in [0.3, 0.4) is 0 Å². The molecule has 0 bridgehead atoms. The lowest BCUT2D eigenvalue weighted by molar-refractivity contribution is 0.405. The van der Waals surface area contributed by atoms with Gasteiger partial charge in [0.15, 0.2) is 5.11 Å². The van der Waals surface area contributed by atoms with E-state index in [1.165, 1.54) is 5.56 Å². The second-order valence-corrected chi connectivity index (χ2v) is 4.52. The van der Waals surface area contributed by atoms with Crippen molar-refractivity contribution in [2.45, 2.75) is 19.9 Å². The molecule has 1 rings (SSSR count). The van der Waals surface area contributed by atoms with Crippen LogP contribution in [0.4, 0.5) is 0 Å². The van der Waals surface area contributed by atoms with Gasteiger partial charge in [-0.15, -0.1) is 6.58 Å².